The predicted molar refractivity (Wildman–Crippen MR) is 66.2 cm³/mol. The van der Waals surface area contributed by atoms with Gasteiger partial charge in [-0.15, -0.1) is 0 Å². The molecule has 1 aromatic carbocycles. The van der Waals surface area contributed by atoms with Gasteiger partial charge in [0.1, 0.15) is 0 Å². The Morgan fingerprint density at radius 1 is 1.36 bits per heavy atom. The van der Waals surface area contributed by atoms with Crippen LogP contribution < -0.4 is 5.32 Å². The Kier molecular flexibility index (Phi) is 4.49. The molecule has 0 aliphatic heterocycles. The zero-order valence-corrected chi connectivity index (χ0v) is 10.1. The first-order valence-corrected chi connectivity index (χ1v) is 5.67. The van der Waals surface area contributed by atoms with E-state index >= 15 is 0 Å². The van der Waals surface area contributed by atoms with E-state index in [1.807, 2.05) is 7.05 Å². The summed E-state index contributed by atoms with van der Waals surface area (Å²) < 4.78 is 0. The number of aryl methyl sites for hydroxylation is 2. The summed E-state index contributed by atoms with van der Waals surface area (Å²) in [6.45, 7) is 4.30. The lowest BCUT2D eigenvalue weighted by molar-refractivity contribution is 0.578. The summed E-state index contributed by atoms with van der Waals surface area (Å²) in [5.74, 6) is 0.916. The summed E-state index contributed by atoms with van der Waals surface area (Å²) in [6.07, 6.45) is 1.07. The standard InChI is InChI=1S/C12H19NS/c1-9-4-5-10(2)11(8-9)12(13-3)6-7-14/h4-5,8,12-14H,6-7H2,1-3H3. The Bertz CT molecular complexity index is 296. The van der Waals surface area contributed by atoms with E-state index in [0.717, 1.165) is 12.2 Å². The summed E-state index contributed by atoms with van der Waals surface area (Å²) >= 11 is 4.28. The van der Waals surface area contributed by atoms with Gasteiger partial charge < -0.3 is 5.32 Å². The summed E-state index contributed by atoms with van der Waals surface area (Å²) in [7, 11) is 2.01. The lowest BCUT2D eigenvalue weighted by Crippen LogP contribution is -2.18. The molecule has 1 nitrogen and oxygen atoms in total. The van der Waals surface area contributed by atoms with Crippen molar-refractivity contribution in [2.45, 2.75) is 26.3 Å². The molecule has 1 atom stereocenters. The second kappa shape index (κ2) is 5.42. The largest absolute Gasteiger partial charge is 0.313 e. The average molecular weight is 209 g/mol. The molecule has 0 spiro atoms. The van der Waals surface area contributed by atoms with Crippen LogP contribution in [0.4, 0.5) is 0 Å². The molecule has 0 amide bonds. The van der Waals surface area contributed by atoms with Gasteiger partial charge in [-0.05, 0) is 44.2 Å². The van der Waals surface area contributed by atoms with E-state index < -0.39 is 0 Å². The van der Waals surface area contributed by atoms with Gasteiger partial charge in [-0.1, -0.05) is 23.8 Å². The molecule has 1 N–H and O–H groups in total. The van der Waals surface area contributed by atoms with Gasteiger partial charge in [-0.2, -0.15) is 12.6 Å². The Balaban J connectivity index is 2.96. The average Bonchev–Trinajstić information content (AvgIpc) is 2.18. The van der Waals surface area contributed by atoms with Gasteiger partial charge in [-0.25, -0.2) is 0 Å². The number of rotatable bonds is 4. The van der Waals surface area contributed by atoms with Crippen molar-refractivity contribution in [3.8, 4) is 0 Å². The van der Waals surface area contributed by atoms with Crippen molar-refractivity contribution in [1.82, 2.24) is 5.32 Å². The molecule has 14 heavy (non-hydrogen) atoms. The summed E-state index contributed by atoms with van der Waals surface area (Å²) in [6, 6.07) is 7.05. The lowest BCUT2D eigenvalue weighted by Gasteiger charge is -2.18. The SMILES string of the molecule is CNC(CCS)c1cc(C)ccc1C. The summed E-state index contributed by atoms with van der Waals surface area (Å²) in [5.41, 5.74) is 4.09. The maximum Gasteiger partial charge on any atom is 0.0328 e. The minimum absolute atomic E-state index is 0.437. The number of hydrogen-bond acceptors (Lipinski definition) is 2. The smallest absolute Gasteiger partial charge is 0.0328 e. The first kappa shape index (κ1) is 11.6. The Labute approximate surface area is 92.3 Å². The molecule has 0 heterocycles. The predicted octanol–water partition coefficient (Wildman–Crippen LogP) is 2.88. The van der Waals surface area contributed by atoms with Crippen LogP contribution in [0, 0.1) is 13.8 Å². The zero-order chi connectivity index (χ0) is 10.6. The molecule has 0 aliphatic carbocycles. The van der Waals surface area contributed by atoms with Crippen LogP contribution in [-0.2, 0) is 0 Å². The van der Waals surface area contributed by atoms with Crippen molar-refractivity contribution in [1.29, 1.82) is 0 Å². The monoisotopic (exact) mass is 209 g/mol. The molecule has 0 fully saturated rings. The molecule has 2 heteroatoms. The van der Waals surface area contributed by atoms with E-state index in [1.54, 1.807) is 0 Å². The number of hydrogen-bond donors (Lipinski definition) is 2. The van der Waals surface area contributed by atoms with Crippen molar-refractivity contribution in [2.75, 3.05) is 12.8 Å². The summed E-state index contributed by atoms with van der Waals surface area (Å²) in [4.78, 5) is 0. The highest BCUT2D eigenvalue weighted by Gasteiger charge is 2.10. The van der Waals surface area contributed by atoms with E-state index in [2.05, 4.69) is 50.0 Å². The molecular formula is C12H19NS. The highest BCUT2D eigenvalue weighted by Crippen LogP contribution is 2.21. The molecule has 0 saturated heterocycles. The number of nitrogens with one attached hydrogen (secondary N) is 1. The topological polar surface area (TPSA) is 12.0 Å². The van der Waals surface area contributed by atoms with Crippen LogP contribution in [0.2, 0.25) is 0 Å². The normalized spacial score (nSPS) is 12.9. The first-order valence-electron chi connectivity index (χ1n) is 5.04. The van der Waals surface area contributed by atoms with Crippen molar-refractivity contribution < 1.29 is 0 Å². The van der Waals surface area contributed by atoms with Crippen molar-refractivity contribution in [3.63, 3.8) is 0 Å². The van der Waals surface area contributed by atoms with E-state index in [4.69, 9.17) is 0 Å². The van der Waals surface area contributed by atoms with Crippen molar-refractivity contribution >= 4 is 12.6 Å². The third-order valence-corrected chi connectivity index (χ3v) is 2.83. The van der Waals surface area contributed by atoms with Gasteiger partial charge in [0, 0.05) is 6.04 Å². The third kappa shape index (κ3) is 2.76. The molecule has 0 saturated carbocycles. The molecule has 1 unspecified atom stereocenters. The van der Waals surface area contributed by atoms with Gasteiger partial charge in [-0.3, -0.25) is 0 Å². The fourth-order valence-corrected chi connectivity index (χ4v) is 1.98. The Morgan fingerprint density at radius 2 is 2.07 bits per heavy atom. The van der Waals surface area contributed by atoms with Gasteiger partial charge in [0.2, 0.25) is 0 Å². The van der Waals surface area contributed by atoms with Gasteiger partial charge >= 0.3 is 0 Å². The van der Waals surface area contributed by atoms with Crippen LogP contribution in [0.5, 0.6) is 0 Å². The zero-order valence-electron chi connectivity index (χ0n) is 9.17. The molecule has 0 aliphatic rings. The minimum Gasteiger partial charge on any atom is -0.313 e. The lowest BCUT2D eigenvalue weighted by atomic mass is 9.97. The minimum atomic E-state index is 0.437. The van der Waals surface area contributed by atoms with Crippen LogP contribution in [0.1, 0.15) is 29.2 Å². The molecule has 0 aromatic heterocycles. The van der Waals surface area contributed by atoms with Crippen LogP contribution >= 0.6 is 12.6 Å². The van der Waals surface area contributed by atoms with Crippen LogP contribution in [0.15, 0.2) is 18.2 Å². The van der Waals surface area contributed by atoms with Gasteiger partial charge in [0.25, 0.3) is 0 Å². The number of thiol groups is 1. The Hall–Kier alpha value is -0.470. The molecule has 1 rings (SSSR count). The van der Waals surface area contributed by atoms with Crippen LogP contribution in [0.3, 0.4) is 0 Å². The van der Waals surface area contributed by atoms with E-state index in [0.29, 0.717) is 6.04 Å². The van der Waals surface area contributed by atoms with E-state index in [1.165, 1.54) is 16.7 Å². The molecule has 0 bridgehead atoms. The maximum absolute atomic E-state index is 4.28. The van der Waals surface area contributed by atoms with Gasteiger partial charge in [0.15, 0.2) is 0 Å². The quantitative estimate of drug-likeness (QED) is 0.727. The van der Waals surface area contributed by atoms with E-state index in [-0.39, 0.29) is 0 Å². The van der Waals surface area contributed by atoms with Crippen molar-refractivity contribution in [3.05, 3.63) is 34.9 Å². The van der Waals surface area contributed by atoms with Crippen molar-refractivity contribution in [2.24, 2.45) is 0 Å². The second-order valence-electron chi connectivity index (χ2n) is 3.71. The highest BCUT2D eigenvalue weighted by molar-refractivity contribution is 7.80. The molecule has 1 aromatic rings. The first-order chi connectivity index (χ1) is 6.69. The summed E-state index contributed by atoms with van der Waals surface area (Å²) in [5, 5.41) is 3.34. The maximum atomic E-state index is 4.28. The fourth-order valence-electron chi connectivity index (χ4n) is 1.72. The highest BCUT2D eigenvalue weighted by atomic mass is 32.1. The van der Waals surface area contributed by atoms with Gasteiger partial charge in [0.05, 0.1) is 0 Å². The number of benzene rings is 1. The molecule has 0 radical (unpaired) electrons. The second-order valence-corrected chi connectivity index (χ2v) is 4.16. The Morgan fingerprint density at radius 3 is 2.64 bits per heavy atom. The van der Waals surface area contributed by atoms with Crippen LogP contribution in [-0.4, -0.2) is 12.8 Å². The fraction of sp³-hybridized carbons (Fsp3) is 0.500. The molecular weight excluding hydrogens is 190 g/mol. The third-order valence-electron chi connectivity index (χ3n) is 2.58. The van der Waals surface area contributed by atoms with E-state index in [9.17, 15) is 0 Å². The molecule has 78 valence electrons. The van der Waals surface area contributed by atoms with Crippen LogP contribution in [0.25, 0.3) is 0 Å².